The third-order valence-corrected chi connectivity index (χ3v) is 2.09. The Labute approximate surface area is 67.0 Å². The maximum Gasteiger partial charge on any atom is 0.136 e. The summed E-state index contributed by atoms with van der Waals surface area (Å²) in [6.45, 7) is 1.86. The smallest absolute Gasteiger partial charge is 0.136 e. The van der Waals surface area contributed by atoms with Gasteiger partial charge in [0.25, 0.3) is 0 Å². The van der Waals surface area contributed by atoms with Gasteiger partial charge in [0.15, 0.2) is 0 Å². The van der Waals surface area contributed by atoms with Crippen LogP contribution in [0.5, 0.6) is 0 Å². The lowest BCUT2D eigenvalue weighted by atomic mass is 10.1. The third kappa shape index (κ3) is 1.44. The zero-order valence-electron chi connectivity index (χ0n) is 6.68. The minimum Gasteiger partial charge on any atom is -0.492 e. The fourth-order valence-corrected chi connectivity index (χ4v) is 1.50. The molecule has 0 aromatic heterocycles. The van der Waals surface area contributed by atoms with Gasteiger partial charge in [0.05, 0.1) is 12.3 Å². The molecule has 0 N–H and O–H groups in total. The zero-order valence-corrected chi connectivity index (χ0v) is 6.68. The molecule has 0 unspecified atom stereocenters. The van der Waals surface area contributed by atoms with Gasteiger partial charge >= 0.3 is 0 Å². The van der Waals surface area contributed by atoms with Gasteiger partial charge in [-0.15, -0.1) is 0 Å². The highest BCUT2D eigenvalue weighted by molar-refractivity contribution is 5.99. The number of ether oxygens (including phenoxy) is 1. The zero-order chi connectivity index (χ0) is 7.52. The van der Waals surface area contributed by atoms with Crippen molar-refractivity contribution in [2.45, 2.75) is 25.7 Å². The van der Waals surface area contributed by atoms with Gasteiger partial charge in [-0.3, -0.25) is 4.99 Å². The Bertz CT molecular complexity index is 184. The molecule has 0 aliphatic carbocycles. The topological polar surface area (TPSA) is 21.6 Å². The predicted molar refractivity (Wildman–Crippen MR) is 44.8 cm³/mol. The number of rotatable bonds is 0. The van der Waals surface area contributed by atoms with Crippen LogP contribution in [0.1, 0.15) is 25.7 Å². The number of nitrogens with zero attached hydrogens (tertiary/aromatic N) is 1. The van der Waals surface area contributed by atoms with Gasteiger partial charge in [0, 0.05) is 6.54 Å². The van der Waals surface area contributed by atoms with E-state index < -0.39 is 0 Å². The van der Waals surface area contributed by atoms with Gasteiger partial charge < -0.3 is 4.74 Å². The summed E-state index contributed by atoms with van der Waals surface area (Å²) in [6, 6.07) is 0. The molecule has 1 saturated heterocycles. The average Bonchev–Trinajstić information content (AvgIpc) is 2.28. The monoisotopic (exact) mass is 151 g/mol. The summed E-state index contributed by atoms with van der Waals surface area (Å²) in [5, 5.41) is 0. The lowest BCUT2D eigenvalue weighted by Gasteiger charge is -2.17. The molecule has 0 saturated carbocycles. The van der Waals surface area contributed by atoms with Crippen LogP contribution in [0, 0.1) is 0 Å². The summed E-state index contributed by atoms with van der Waals surface area (Å²) in [6.07, 6.45) is 6.74. The van der Waals surface area contributed by atoms with Crippen molar-refractivity contribution in [1.29, 1.82) is 0 Å². The quantitative estimate of drug-likeness (QED) is 0.518. The third-order valence-electron chi connectivity index (χ3n) is 2.09. The van der Waals surface area contributed by atoms with Crippen molar-refractivity contribution in [2.75, 3.05) is 13.2 Å². The second-order valence-electron chi connectivity index (χ2n) is 2.99. The highest BCUT2D eigenvalue weighted by Crippen LogP contribution is 2.17. The molecule has 1 fully saturated rings. The Balaban J connectivity index is 2.19. The molecule has 0 bridgehead atoms. The van der Waals surface area contributed by atoms with E-state index in [0.717, 1.165) is 38.2 Å². The first-order valence-electron chi connectivity index (χ1n) is 4.33. The highest BCUT2D eigenvalue weighted by Gasteiger charge is 2.14. The largest absolute Gasteiger partial charge is 0.492 e. The molecule has 0 aromatic carbocycles. The van der Waals surface area contributed by atoms with Crippen molar-refractivity contribution in [3.05, 3.63) is 11.8 Å². The summed E-state index contributed by atoms with van der Waals surface area (Å²) < 4.78 is 5.49. The Morgan fingerprint density at radius 1 is 1.36 bits per heavy atom. The molecular weight excluding hydrogens is 138 g/mol. The Kier molecular flexibility index (Phi) is 1.93. The molecule has 2 aliphatic rings. The van der Waals surface area contributed by atoms with E-state index in [-0.39, 0.29) is 0 Å². The van der Waals surface area contributed by atoms with Crippen molar-refractivity contribution in [1.82, 2.24) is 0 Å². The molecule has 11 heavy (non-hydrogen) atoms. The van der Waals surface area contributed by atoms with Crippen molar-refractivity contribution >= 4 is 5.71 Å². The SMILES string of the molecule is C1=C2OCCCC2=NCCC1. The first-order chi connectivity index (χ1) is 5.47. The fraction of sp³-hybridized carbons (Fsp3) is 0.667. The highest BCUT2D eigenvalue weighted by atomic mass is 16.5. The lowest BCUT2D eigenvalue weighted by Crippen LogP contribution is -2.14. The van der Waals surface area contributed by atoms with Crippen LogP contribution in [0.3, 0.4) is 0 Å². The van der Waals surface area contributed by atoms with Crippen molar-refractivity contribution in [2.24, 2.45) is 4.99 Å². The van der Waals surface area contributed by atoms with Crippen LogP contribution in [-0.2, 0) is 4.74 Å². The molecule has 0 amide bonds. The van der Waals surface area contributed by atoms with Crippen molar-refractivity contribution < 1.29 is 4.74 Å². The number of hydrogen-bond donors (Lipinski definition) is 0. The molecule has 0 radical (unpaired) electrons. The van der Waals surface area contributed by atoms with Crippen molar-refractivity contribution in [3.63, 3.8) is 0 Å². The molecule has 0 atom stereocenters. The van der Waals surface area contributed by atoms with Gasteiger partial charge in [-0.05, 0) is 31.8 Å². The molecule has 0 aromatic rings. The molecular formula is C9H13NO. The Morgan fingerprint density at radius 2 is 2.36 bits per heavy atom. The number of allylic oxidation sites excluding steroid dienone is 2. The molecule has 2 heteroatoms. The fourth-order valence-electron chi connectivity index (χ4n) is 1.50. The minimum atomic E-state index is 0.880. The molecule has 60 valence electrons. The van der Waals surface area contributed by atoms with Gasteiger partial charge in [0.2, 0.25) is 0 Å². The van der Waals surface area contributed by atoms with E-state index in [2.05, 4.69) is 11.1 Å². The minimum absolute atomic E-state index is 0.880. The molecule has 2 nitrogen and oxygen atoms in total. The van der Waals surface area contributed by atoms with Crippen LogP contribution in [-0.4, -0.2) is 18.9 Å². The molecule has 2 rings (SSSR count). The molecule has 2 heterocycles. The van der Waals surface area contributed by atoms with E-state index in [1.807, 2.05) is 0 Å². The van der Waals surface area contributed by atoms with E-state index in [0.29, 0.717) is 0 Å². The summed E-state index contributed by atoms with van der Waals surface area (Å²) in [7, 11) is 0. The van der Waals surface area contributed by atoms with E-state index in [1.54, 1.807) is 0 Å². The van der Waals surface area contributed by atoms with Gasteiger partial charge in [-0.25, -0.2) is 0 Å². The number of aliphatic imine (C=N–C) groups is 1. The van der Waals surface area contributed by atoms with Crippen LogP contribution in [0.15, 0.2) is 16.8 Å². The second kappa shape index (κ2) is 3.07. The predicted octanol–water partition coefficient (Wildman–Crippen LogP) is 1.92. The molecule has 2 aliphatic heterocycles. The Morgan fingerprint density at radius 3 is 3.36 bits per heavy atom. The molecule has 0 spiro atoms. The summed E-state index contributed by atoms with van der Waals surface area (Å²) >= 11 is 0. The van der Waals surface area contributed by atoms with E-state index in [4.69, 9.17) is 4.74 Å². The first-order valence-corrected chi connectivity index (χ1v) is 4.33. The van der Waals surface area contributed by atoms with Crippen LogP contribution in [0.2, 0.25) is 0 Å². The Hall–Kier alpha value is -0.790. The van der Waals surface area contributed by atoms with E-state index in [9.17, 15) is 0 Å². The second-order valence-corrected chi connectivity index (χ2v) is 2.99. The average molecular weight is 151 g/mol. The standard InChI is InChI=1S/C9H13NO/c1-2-6-10-8-4-3-7-11-9(8)5-1/h5H,1-4,6-7H2. The lowest BCUT2D eigenvalue weighted by molar-refractivity contribution is 0.213. The summed E-state index contributed by atoms with van der Waals surface area (Å²) in [4.78, 5) is 4.47. The van der Waals surface area contributed by atoms with Gasteiger partial charge in [0.1, 0.15) is 5.76 Å². The van der Waals surface area contributed by atoms with Crippen LogP contribution in [0.4, 0.5) is 0 Å². The van der Waals surface area contributed by atoms with E-state index in [1.165, 1.54) is 12.1 Å². The van der Waals surface area contributed by atoms with E-state index >= 15 is 0 Å². The van der Waals surface area contributed by atoms with Crippen LogP contribution in [0.25, 0.3) is 0 Å². The maximum absolute atomic E-state index is 5.49. The number of fused-ring (bicyclic) bond motifs is 1. The normalized spacial score (nSPS) is 24.0. The maximum atomic E-state index is 5.49. The van der Waals surface area contributed by atoms with Gasteiger partial charge in [-0.2, -0.15) is 0 Å². The summed E-state index contributed by atoms with van der Waals surface area (Å²) in [5.74, 6) is 1.06. The number of hydrogen-bond acceptors (Lipinski definition) is 2. The van der Waals surface area contributed by atoms with Crippen LogP contribution >= 0.6 is 0 Å². The first kappa shape index (κ1) is 6.89. The van der Waals surface area contributed by atoms with Crippen LogP contribution < -0.4 is 0 Å². The van der Waals surface area contributed by atoms with Gasteiger partial charge in [-0.1, -0.05) is 0 Å². The summed E-state index contributed by atoms with van der Waals surface area (Å²) in [5.41, 5.74) is 1.20. The van der Waals surface area contributed by atoms with Crippen molar-refractivity contribution in [3.8, 4) is 0 Å².